The Morgan fingerprint density at radius 3 is 2.44 bits per heavy atom. The third-order valence-corrected chi connectivity index (χ3v) is 6.10. The lowest BCUT2D eigenvalue weighted by molar-refractivity contribution is 0.382. The highest BCUT2D eigenvalue weighted by molar-refractivity contribution is 9.11. The normalized spacial score (nSPS) is 12.6. The molecule has 16 heavy (non-hydrogen) atoms. The van der Waals surface area contributed by atoms with E-state index >= 15 is 0 Å². The molecule has 0 amide bonds. The summed E-state index contributed by atoms with van der Waals surface area (Å²) in [7, 11) is -3.30. The van der Waals surface area contributed by atoms with Crippen LogP contribution in [0.1, 0.15) is 20.8 Å². The van der Waals surface area contributed by atoms with E-state index in [1.165, 1.54) is 15.6 Å². The minimum absolute atomic E-state index is 0.332. The van der Waals surface area contributed by atoms with Crippen LogP contribution in [0.25, 0.3) is 0 Å². The van der Waals surface area contributed by atoms with E-state index < -0.39 is 10.0 Å². The Bertz CT molecular complexity index is 439. The zero-order chi connectivity index (χ0) is 12.3. The first kappa shape index (κ1) is 14.2. The van der Waals surface area contributed by atoms with Gasteiger partial charge in [0.25, 0.3) is 10.0 Å². The van der Waals surface area contributed by atoms with Gasteiger partial charge in [-0.2, -0.15) is 4.31 Å². The standard InChI is InChI=1S/C10H16BrNO2S2/c1-4-12(7-8(2)3)16(13,14)10-6-5-9(11)15-10/h5-6,8H,4,7H2,1-3H3. The lowest BCUT2D eigenvalue weighted by Crippen LogP contribution is -2.33. The van der Waals surface area contributed by atoms with E-state index in [0.29, 0.717) is 23.2 Å². The molecule has 0 aliphatic heterocycles. The lowest BCUT2D eigenvalue weighted by Gasteiger charge is -2.21. The first-order valence-corrected chi connectivity index (χ1v) is 8.18. The van der Waals surface area contributed by atoms with Gasteiger partial charge in [0, 0.05) is 13.1 Å². The fourth-order valence-electron chi connectivity index (χ4n) is 1.37. The van der Waals surface area contributed by atoms with Crippen LogP contribution in [0.3, 0.4) is 0 Å². The van der Waals surface area contributed by atoms with E-state index in [0.717, 1.165) is 3.79 Å². The van der Waals surface area contributed by atoms with E-state index in [4.69, 9.17) is 0 Å². The largest absolute Gasteiger partial charge is 0.252 e. The molecule has 0 aliphatic rings. The topological polar surface area (TPSA) is 37.4 Å². The molecule has 1 heterocycles. The highest BCUT2D eigenvalue weighted by Gasteiger charge is 2.25. The molecular weight excluding hydrogens is 310 g/mol. The van der Waals surface area contributed by atoms with E-state index in [1.807, 2.05) is 20.8 Å². The van der Waals surface area contributed by atoms with Gasteiger partial charge in [0.15, 0.2) is 0 Å². The smallest absolute Gasteiger partial charge is 0.206 e. The Morgan fingerprint density at radius 1 is 1.44 bits per heavy atom. The van der Waals surface area contributed by atoms with Crippen LogP contribution in [-0.4, -0.2) is 25.8 Å². The third kappa shape index (κ3) is 3.29. The van der Waals surface area contributed by atoms with Gasteiger partial charge in [-0.15, -0.1) is 11.3 Å². The Hall–Kier alpha value is 0.0900. The Morgan fingerprint density at radius 2 is 2.06 bits per heavy atom. The first-order valence-electron chi connectivity index (χ1n) is 5.13. The molecule has 0 bridgehead atoms. The van der Waals surface area contributed by atoms with Crippen molar-refractivity contribution in [3.05, 3.63) is 15.9 Å². The summed E-state index contributed by atoms with van der Waals surface area (Å²) in [4.78, 5) is 0. The summed E-state index contributed by atoms with van der Waals surface area (Å²) in [5, 5.41) is 0. The van der Waals surface area contributed by atoms with E-state index in [9.17, 15) is 8.42 Å². The summed E-state index contributed by atoms with van der Waals surface area (Å²) >= 11 is 4.53. The number of hydrogen-bond donors (Lipinski definition) is 0. The molecule has 6 heteroatoms. The second-order valence-corrected chi connectivity index (χ2v) is 8.54. The van der Waals surface area contributed by atoms with Gasteiger partial charge in [0.05, 0.1) is 3.79 Å². The quantitative estimate of drug-likeness (QED) is 0.833. The fraction of sp³-hybridized carbons (Fsp3) is 0.600. The van der Waals surface area contributed by atoms with Gasteiger partial charge >= 0.3 is 0 Å². The maximum atomic E-state index is 12.2. The molecule has 0 aliphatic carbocycles. The number of nitrogens with zero attached hydrogens (tertiary/aromatic N) is 1. The van der Waals surface area contributed by atoms with Crippen molar-refractivity contribution < 1.29 is 8.42 Å². The Labute approximate surface area is 110 Å². The zero-order valence-electron chi connectivity index (χ0n) is 9.60. The zero-order valence-corrected chi connectivity index (χ0v) is 12.8. The molecule has 0 saturated carbocycles. The van der Waals surface area contributed by atoms with Gasteiger partial charge in [-0.25, -0.2) is 8.42 Å². The predicted octanol–water partition coefficient (Wildman–Crippen LogP) is 3.18. The molecule has 0 saturated heterocycles. The highest BCUT2D eigenvalue weighted by Crippen LogP contribution is 2.28. The molecule has 0 radical (unpaired) electrons. The van der Waals surface area contributed by atoms with Crippen molar-refractivity contribution >= 4 is 37.3 Å². The van der Waals surface area contributed by atoms with Crippen molar-refractivity contribution in [2.75, 3.05) is 13.1 Å². The molecule has 0 unspecified atom stereocenters. The maximum Gasteiger partial charge on any atom is 0.252 e. The van der Waals surface area contributed by atoms with Crippen LogP contribution in [0.15, 0.2) is 20.1 Å². The van der Waals surface area contributed by atoms with Crippen LogP contribution in [0.4, 0.5) is 0 Å². The summed E-state index contributed by atoms with van der Waals surface area (Å²) in [6, 6.07) is 3.41. The molecule has 1 aromatic rings. The number of sulfonamides is 1. The number of rotatable bonds is 5. The van der Waals surface area contributed by atoms with Crippen molar-refractivity contribution in [3.8, 4) is 0 Å². The molecule has 0 fully saturated rings. The lowest BCUT2D eigenvalue weighted by atomic mass is 10.2. The van der Waals surface area contributed by atoms with Gasteiger partial charge in [0.2, 0.25) is 0 Å². The average Bonchev–Trinajstić information content (AvgIpc) is 2.61. The van der Waals surface area contributed by atoms with Gasteiger partial charge in [0.1, 0.15) is 4.21 Å². The highest BCUT2D eigenvalue weighted by atomic mass is 79.9. The van der Waals surface area contributed by atoms with Crippen LogP contribution in [0, 0.1) is 5.92 Å². The second kappa shape index (κ2) is 5.62. The van der Waals surface area contributed by atoms with E-state index in [1.54, 1.807) is 12.1 Å². The number of halogens is 1. The van der Waals surface area contributed by atoms with Crippen LogP contribution < -0.4 is 0 Å². The minimum atomic E-state index is -3.30. The average molecular weight is 326 g/mol. The Kier molecular flexibility index (Phi) is 4.97. The molecule has 1 aromatic heterocycles. The first-order chi connectivity index (χ1) is 7.37. The maximum absolute atomic E-state index is 12.2. The Balaban J connectivity index is 2.99. The van der Waals surface area contributed by atoms with Crippen LogP contribution in [0.5, 0.6) is 0 Å². The molecule has 0 spiro atoms. The summed E-state index contributed by atoms with van der Waals surface area (Å²) in [5.74, 6) is 0.332. The van der Waals surface area contributed by atoms with Crippen LogP contribution in [0.2, 0.25) is 0 Å². The monoisotopic (exact) mass is 325 g/mol. The molecule has 3 nitrogen and oxygen atoms in total. The molecular formula is C10H16BrNO2S2. The van der Waals surface area contributed by atoms with Gasteiger partial charge < -0.3 is 0 Å². The summed E-state index contributed by atoms with van der Waals surface area (Å²) < 4.78 is 27.2. The number of thiophene rings is 1. The summed E-state index contributed by atoms with van der Waals surface area (Å²) in [6.07, 6.45) is 0. The van der Waals surface area contributed by atoms with Gasteiger partial charge in [-0.1, -0.05) is 20.8 Å². The minimum Gasteiger partial charge on any atom is -0.206 e. The molecule has 0 aromatic carbocycles. The molecule has 0 atom stereocenters. The van der Waals surface area contributed by atoms with Crippen LogP contribution in [-0.2, 0) is 10.0 Å². The van der Waals surface area contributed by atoms with Crippen molar-refractivity contribution in [2.24, 2.45) is 5.92 Å². The SMILES string of the molecule is CCN(CC(C)C)S(=O)(=O)c1ccc(Br)s1. The molecule has 0 N–H and O–H groups in total. The van der Waals surface area contributed by atoms with Crippen molar-refractivity contribution in [2.45, 2.75) is 25.0 Å². The summed E-state index contributed by atoms with van der Waals surface area (Å²) in [6.45, 7) is 6.97. The van der Waals surface area contributed by atoms with E-state index in [-0.39, 0.29) is 0 Å². The van der Waals surface area contributed by atoms with Crippen molar-refractivity contribution in [1.29, 1.82) is 0 Å². The second-order valence-electron chi connectivity index (χ2n) is 3.91. The van der Waals surface area contributed by atoms with Crippen molar-refractivity contribution in [1.82, 2.24) is 4.31 Å². The predicted molar refractivity (Wildman–Crippen MR) is 71.3 cm³/mol. The van der Waals surface area contributed by atoms with Crippen molar-refractivity contribution in [3.63, 3.8) is 0 Å². The fourth-order valence-corrected chi connectivity index (χ4v) is 5.14. The van der Waals surface area contributed by atoms with Gasteiger partial charge in [-0.3, -0.25) is 0 Å². The summed E-state index contributed by atoms with van der Waals surface area (Å²) in [5.41, 5.74) is 0. The third-order valence-electron chi connectivity index (χ3n) is 2.06. The van der Waals surface area contributed by atoms with E-state index in [2.05, 4.69) is 15.9 Å². The van der Waals surface area contributed by atoms with Crippen LogP contribution >= 0.6 is 27.3 Å². The number of hydrogen-bond acceptors (Lipinski definition) is 3. The van der Waals surface area contributed by atoms with Gasteiger partial charge in [-0.05, 0) is 34.0 Å². The molecule has 1 rings (SSSR count). The molecule has 92 valence electrons.